The molecule has 6 aromatic carbocycles. The summed E-state index contributed by atoms with van der Waals surface area (Å²) in [6, 6.07) is 47.7. The van der Waals surface area contributed by atoms with Crippen molar-refractivity contribution in [2.24, 2.45) is 0 Å². The van der Waals surface area contributed by atoms with Crippen molar-refractivity contribution >= 4 is 111 Å². The van der Waals surface area contributed by atoms with Gasteiger partial charge >= 0.3 is 48.1 Å². The second-order valence-corrected chi connectivity index (χ2v) is 44.5. The van der Waals surface area contributed by atoms with Crippen LogP contribution in [0.5, 0.6) is 23.0 Å². The van der Waals surface area contributed by atoms with Crippen molar-refractivity contribution in [3.05, 3.63) is 284 Å². The monoisotopic (exact) mass is 2050 g/mol. The predicted molar refractivity (Wildman–Crippen MR) is 509 cm³/mol. The Morgan fingerprint density at radius 1 is 0.448 bits per heavy atom. The first-order chi connectivity index (χ1) is 62.2. The van der Waals surface area contributed by atoms with Crippen molar-refractivity contribution in [1.82, 2.24) is 19.9 Å². The number of carboxylic acid groups (broad SMARTS) is 1. The molecule has 2 N–H and O–H groups in total. The van der Waals surface area contributed by atoms with Crippen molar-refractivity contribution in [1.29, 1.82) is 0 Å². The van der Waals surface area contributed by atoms with Crippen LogP contribution in [0.1, 0.15) is 163 Å². The van der Waals surface area contributed by atoms with Crippen molar-refractivity contribution < 1.29 is 121 Å². The van der Waals surface area contributed by atoms with Crippen molar-refractivity contribution in [3.63, 3.8) is 0 Å². The number of aromatic nitrogens is 4. The number of aliphatic hydroxyl groups is 1. The van der Waals surface area contributed by atoms with Crippen LogP contribution in [0.4, 0.5) is 13.2 Å². The average Bonchev–Trinajstić information content (AvgIpc) is 0.901. The Morgan fingerprint density at radius 3 is 1.04 bits per heavy atom. The van der Waals surface area contributed by atoms with E-state index in [-0.39, 0.29) is 125 Å². The molecule has 18 rings (SSSR count). The van der Waals surface area contributed by atoms with Gasteiger partial charge in [-0.1, -0.05) is 135 Å². The second-order valence-electron chi connectivity index (χ2n) is 37.0. The molecule has 0 radical (unpaired) electrons. The zero-order valence-electron chi connectivity index (χ0n) is 77.5. The van der Waals surface area contributed by atoms with Crippen LogP contribution >= 0.6 is 31.9 Å². The number of hydrogen-bond acceptors (Lipinski definition) is 22. The van der Waals surface area contributed by atoms with E-state index < -0.39 is 66.1 Å². The molecule has 32 heteroatoms. The van der Waals surface area contributed by atoms with E-state index in [9.17, 15) is 47.0 Å². The summed E-state index contributed by atoms with van der Waals surface area (Å²) in [6.07, 6.45) is 16.4. The number of esters is 2. The molecule has 134 heavy (non-hydrogen) atoms. The third kappa shape index (κ3) is 27.7. The van der Waals surface area contributed by atoms with Gasteiger partial charge in [-0.2, -0.15) is 0 Å². The number of Topliss-reactive ketones (excluding diaryl/α,β-unsaturated/α-hetero) is 3. The van der Waals surface area contributed by atoms with E-state index in [2.05, 4.69) is 82.7 Å². The molecule has 0 spiro atoms. The van der Waals surface area contributed by atoms with Gasteiger partial charge in [0, 0.05) is 44.0 Å². The summed E-state index contributed by atoms with van der Waals surface area (Å²) in [7, 11) is 1.62. The van der Waals surface area contributed by atoms with E-state index in [1.54, 1.807) is 81.0 Å². The Hall–Kier alpha value is -9.42. The number of methoxy groups -OCH3 is 2. The molecule has 704 valence electrons. The summed E-state index contributed by atoms with van der Waals surface area (Å²) in [5.74, 6) is -0.387. The van der Waals surface area contributed by atoms with Crippen LogP contribution < -0.4 is 41.4 Å². The number of halogens is 6. The van der Waals surface area contributed by atoms with Gasteiger partial charge in [0.1, 0.15) is 65.9 Å². The summed E-state index contributed by atoms with van der Waals surface area (Å²) in [5.41, 5.74) is 6.17. The number of benzene rings is 6. The average molecular weight is 2060 g/mol. The molecule has 10 aromatic rings. The molecule has 8 heterocycles. The van der Waals surface area contributed by atoms with E-state index in [0.29, 0.717) is 106 Å². The molecule has 8 fully saturated rings. The smallest absolute Gasteiger partial charge is 1.00 e. The van der Waals surface area contributed by atoms with Gasteiger partial charge in [-0.25, -0.2) is 37.5 Å². The molecule has 4 saturated carbocycles. The molecule has 0 atom stereocenters. The Kier molecular flexibility index (Phi) is 36.4. The summed E-state index contributed by atoms with van der Waals surface area (Å²) < 4.78 is 101. The van der Waals surface area contributed by atoms with Crippen LogP contribution in [-0.4, -0.2) is 193 Å². The fraction of sp³-hybridized carbons (Fsp3) is 0.382. The number of rotatable bonds is 27. The minimum atomic E-state index is -1.10. The van der Waals surface area contributed by atoms with Gasteiger partial charge < -0.3 is 86.6 Å². The van der Waals surface area contributed by atoms with E-state index in [1.807, 2.05) is 107 Å². The van der Waals surface area contributed by atoms with Crippen LogP contribution in [0.15, 0.2) is 204 Å². The fourth-order valence-electron chi connectivity index (χ4n) is 14.2. The number of hydrogen-bond donors (Lipinski definition) is 2. The van der Waals surface area contributed by atoms with Crippen LogP contribution in [-0.2, 0) is 88.5 Å². The maximum Gasteiger partial charge on any atom is 2.00 e. The normalized spacial score (nSPS) is 16.9. The molecule has 0 bridgehead atoms. The number of pyridine rings is 4. The van der Waals surface area contributed by atoms with E-state index in [4.69, 9.17) is 52.3 Å². The summed E-state index contributed by atoms with van der Waals surface area (Å²) in [4.78, 5) is 91.1. The first kappa shape index (κ1) is 107. The van der Waals surface area contributed by atoms with E-state index in [1.165, 1.54) is 62.9 Å². The molecule has 4 aliphatic heterocycles. The number of ketones is 3. The molecule has 0 amide bonds. The molecule has 4 saturated heterocycles. The third-order valence-corrected chi connectivity index (χ3v) is 24.6. The molecule has 4 aromatic heterocycles. The van der Waals surface area contributed by atoms with Crippen molar-refractivity contribution in [2.75, 3.05) is 53.9 Å². The van der Waals surface area contributed by atoms with Gasteiger partial charge in [0.05, 0.1) is 148 Å². The number of nitrogens with zero attached hydrogens (tertiary/aromatic N) is 4. The predicted octanol–water partition coefficient (Wildman–Crippen LogP) is 15.5. The Morgan fingerprint density at radius 2 is 0.731 bits per heavy atom. The first-order valence-electron chi connectivity index (χ1n) is 43.6. The van der Waals surface area contributed by atoms with E-state index in [0.717, 1.165) is 101 Å². The number of carboxylic acids is 1. The molecule has 23 nitrogen and oxygen atoms in total. The summed E-state index contributed by atoms with van der Waals surface area (Å²) in [5, 5.41) is 19.6. The maximum atomic E-state index is 13.2. The Labute approximate surface area is 825 Å². The summed E-state index contributed by atoms with van der Waals surface area (Å²) in [6.45, 7) is 22.8. The third-order valence-electron chi connectivity index (χ3n) is 23.3. The Bertz CT molecular complexity index is 5720. The zero-order valence-corrected chi connectivity index (χ0v) is 84.7. The van der Waals surface area contributed by atoms with Crippen LogP contribution in [0.3, 0.4) is 0 Å². The quantitative estimate of drug-likeness (QED) is 0.0209. The van der Waals surface area contributed by atoms with Gasteiger partial charge in [0.2, 0.25) is 0 Å². The van der Waals surface area contributed by atoms with Gasteiger partial charge in [0.15, 0.2) is 17.3 Å². The van der Waals surface area contributed by atoms with Crippen LogP contribution in [0, 0.1) is 24.9 Å². The maximum absolute atomic E-state index is 13.2. The first-order valence-corrected chi connectivity index (χ1v) is 49.2. The Balaban J connectivity index is 0.000000176. The molecule has 8 aliphatic rings. The topological polar surface area (TPSA) is 296 Å². The van der Waals surface area contributed by atoms with Crippen LogP contribution in [0.2, 0.25) is 26.2 Å². The van der Waals surface area contributed by atoms with Gasteiger partial charge in [0.25, 0.3) is 0 Å². The standard InChI is InChI=1S/C28H28FNO4.C27H24FNO5.C23H26BFO4.C10H10BrNO3.C9H8BrNO3.C4H12Si.CH3.BrH.Mg/c1-27(2,32)24-14-23(34-22-11-12-22)15-30-26(24)19-5-7-20(8-6-19)28(16-33-17-28)25(31)13-18-3-9-21(29)10-4-18;1-32-26(31)23-13-22(34-21-10-11-21)14-29-25(23)18-4-6-19(7-5-18)27(15-33-16-27)24(30)12-17-2-8-20(28)9-3-17;1-21(2)22(3,4)29-24(28-21)18-9-7-17(8-10-18)23(14-27-15-23)20(26)13-16-5-11-19(25)12-6-16;1-14-10(13)8-4-7(5-12-9(8)11)15-6-2-3-6;10-8-7(9(12)13)3-6(4-11-8)14-5-1-2-5;1-5(2,3)4;;;/h3-10,14-15,22,32H,11-13,16-17H2,1-2H3;2-9,13-14,21H,10-12,15-16H2,1H3;5-12H,13-15H2,1-4H3;4-6H,2-3H2,1H3;3-5H,1-2H2,(H,12,13);1-4H3;1H3;1H;/q;;;;;;-1;;+2/p-1. The zero-order chi connectivity index (χ0) is 94.0. The number of aromatic carboxylic acids is 1. The second kappa shape index (κ2) is 45.7. The SMILES string of the molecule is CC(C)(O)c1cc(OC2CC2)cnc1-c1ccc(C2(C(=O)Cc3ccc(F)cc3)COC2)cc1.CC1(C)OB(c2ccc(C3(C(=O)Cc4ccc(F)cc4)COC3)cc2)OC1(C)C.COC(=O)c1cc(OC2CC2)cnc1-c1ccc(C2(C(=O)Cc3ccc(F)cc3)COC2)cc1.COC(=O)c1cc(OC2CC2)cnc1Br.C[Si](C)(C)C.O=C(O)c1cc(OC2CC2)cnc1Br.[Br-].[CH3-].[Mg+2]. The fourth-order valence-corrected chi connectivity index (χ4v) is 15.0. The molecule has 4 aliphatic carbocycles. The molecular formula is C102H111BBr3F3MgN4O19Si. The summed E-state index contributed by atoms with van der Waals surface area (Å²) >= 11 is 6.25. The number of carbonyl (C=O) groups excluding carboxylic acids is 5. The molecule has 0 unspecified atom stereocenters. The minimum absolute atomic E-state index is 0. The van der Waals surface area contributed by atoms with Crippen LogP contribution in [0.25, 0.3) is 22.5 Å². The van der Waals surface area contributed by atoms with Gasteiger partial charge in [-0.05, 0) is 224 Å². The largest absolute Gasteiger partial charge is 2.00 e. The minimum Gasteiger partial charge on any atom is -1.00 e. The van der Waals surface area contributed by atoms with Gasteiger partial charge in [-0.3, -0.25) is 24.4 Å². The van der Waals surface area contributed by atoms with Crippen molar-refractivity contribution in [2.45, 2.75) is 196 Å². The van der Waals surface area contributed by atoms with Crippen molar-refractivity contribution in [3.8, 4) is 45.5 Å². The van der Waals surface area contributed by atoms with E-state index >= 15 is 0 Å². The number of carbonyl (C=O) groups is 6. The number of ether oxygens (including phenoxy) is 9. The van der Waals surface area contributed by atoms with Gasteiger partial charge in [-0.15, -0.1) is 0 Å². The molecular weight excluding hydrogens is 1950 g/mol.